The van der Waals surface area contributed by atoms with E-state index in [-0.39, 0.29) is 10.8 Å². The zero-order chi connectivity index (χ0) is 18.0. The summed E-state index contributed by atoms with van der Waals surface area (Å²) in [6.45, 7) is 0.715. The topological polar surface area (TPSA) is 67.3 Å². The summed E-state index contributed by atoms with van der Waals surface area (Å²) in [6.07, 6.45) is 3.80. The van der Waals surface area contributed by atoms with E-state index in [0.29, 0.717) is 36.0 Å². The molecule has 2 aromatic rings. The van der Waals surface area contributed by atoms with Crippen molar-refractivity contribution in [1.82, 2.24) is 9.88 Å². The predicted octanol–water partition coefficient (Wildman–Crippen LogP) is 3.06. The van der Waals surface area contributed by atoms with Gasteiger partial charge in [0.25, 0.3) is 5.91 Å². The maximum atomic E-state index is 13.0. The molecule has 0 aliphatic carbocycles. The van der Waals surface area contributed by atoms with E-state index in [9.17, 15) is 17.6 Å². The van der Waals surface area contributed by atoms with Crippen LogP contribution in [0.15, 0.2) is 52.1 Å². The zero-order valence-electron chi connectivity index (χ0n) is 13.2. The molecule has 0 bridgehead atoms. The van der Waals surface area contributed by atoms with Crippen molar-refractivity contribution >= 4 is 31.7 Å². The maximum absolute atomic E-state index is 13.0. The highest BCUT2D eigenvalue weighted by atomic mass is 79.9. The molecule has 25 heavy (non-hydrogen) atoms. The van der Waals surface area contributed by atoms with Crippen molar-refractivity contribution in [3.8, 4) is 0 Å². The SMILES string of the molecule is O=C(c1cncc(Br)c1)N1CCC(S(=O)(=O)c2ccc(F)cc2)CC1. The van der Waals surface area contributed by atoms with E-state index in [4.69, 9.17) is 0 Å². The molecule has 1 saturated heterocycles. The molecule has 0 radical (unpaired) electrons. The van der Waals surface area contributed by atoms with Crippen LogP contribution < -0.4 is 0 Å². The molecule has 0 unspecified atom stereocenters. The van der Waals surface area contributed by atoms with Crippen LogP contribution in [0.2, 0.25) is 0 Å². The van der Waals surface area contributed by atoms with Gasteiger partial charge in [-0.05, 0) is 59.1 Å². The average molecular weight is 427 g/mol. The second-order valence-electron chi connectivity index (χ2n) is 5.88. The smallest absolute Gasteiger partial charge is 0.255 e. The van der Waals surface area contributed by atoms with Gasteiger partial charge < -0.3 is 4.90 Å². The van der Waals surface area contributed by atoms with Crippen LogP contribution in [0.25, 0.3) is 0 Å². The minimum absolute atomic E-state index is 0.120. The maximum Gasteiger partial charge on any atom is 0.255 e. The van der Waals surface area contributed by atoms with Crippen molar-refractivity contribution in [2.45, 2.75) is 23.0 Å². The van der Waals surface area contributed by atoms with E-state index in [0.717, 1.165) is 12.1 Å². The Labute approximate surface area is 153 Å². The summed E-state index contributed by atoms with van der Waals surface area (Å²) in [7, 11) is -3.52. The number of carbonyl (C=O) groups is 1. The number of piperidine rings is 1. The van der Waals surface area contributed by atoms with Gasteiger partial charge in [0.15, 0.2) is 9.84 Å². The molecule has 3 rings (SSSR count). The number of pyridine rings is 1. The van der Waals surface area contributed by atoms with Crippen LogP contribution in [0.5, 0.6) is 0 Å². The fourth-order valence-corrected chi connectivity index (χ4v) is 4.99. The van der Waals surface area contributed by atoms with Gasteiger partial charge in [0.2, 0.25) is 0 Å². The minimum Gasteiger partial charge on any atom is -0.339 e. The van der Waals surface area contributed by atoms with Crippen LogP contribution in [-0.4, -0.2) is 42.5 Å². The van der Waals surface area contributed by atoms with Crippen LogP contribution in [0.1, 0.15) is 23.2 Å². The van der Waals surface area contributed by atoms with Crippen molar-refractivity contribution < 1.29 is 17.6 Å². The number of sulfone groups is 1. The lowest BCUT2D eigenvalue weighted by atomic mass is 10.1. The minimum atomic E-state index is -3.52. The number of carbonyl (C=O) groups excluding carboxylic acids is 1. The third-order valence-electron chi connectivity index (χ3n) is 4.26. The van der Waals surface area contributed by atoms with Gasteiger partial charge in [0.1, 0.15) is 5.82 Å². The molecule has 0 atom stereocenters. The van der Waals surface area contributed by atoms with E-state index in [1.165, 1.54) is 18.3 Å². The number of benzene rings is 1. The largest absolute Gasteiger partial charge is 0.339 e. The number of hydrogen-bond donors (Lipinski definition) is 0. The van der Waals surface area contributed by atoms with Crippen molar-refractivity contribution in [1.29, 1.82) is 0 Å². The molecular formula is C17H16BrFN2O3S. The highest BCUT2D eigenvalue weighted by Gasteiger charge is 2.33. The molecule has 132 valence electrons. The van der Waals surface area contributed by atoms with Gasteiger partial charge in [0, 0.05) is 30.0 Å². The first-order chi connectivity index (χ1) is 11.9. The molecule has 0 saturated carbocycles. The standard InChI is InChI=1S/C17H16BrFN2O3S/c18-13-9-12(10-20-11-13)17(22)21-7-5-16(6-8-21)25(23,24)15-3-1-14(19)2-4-15/h1-4,9-11,16H,5-8H2. The molecule has 1 aliphatic heterocycles. The molecule has 1 amide bonds. The van der Waals surface area contributed by atoms with Gasteiger partial charge in [-0.25, -0.2) is 12.8 Å². The molecule has 0 spiro atoms. The van der Waals surface area contributed by atoms with Gasteiger partial charge in [0.05, 0.1) is 15.7 Å². The fraction of sp³-hybridized carbons (Fsp3) is 0.294. The van der Waals surface area contributed by atoms with Crippen LogP contribution in [0, 0.1) is 5.82 Å². The highest BCUT2D eigenvalue weighted by molar-refractivity contribution is 9.10. The van der Waals surface area contributed by atoms with E-state index in [2.05, 4.69) is 20.9 Å². The Kier molecular flexibility index (Phi) is 5.19. The molecule has 1 aliphatic rings. The lowest BCUT2D eigenvalue weighted by Crippen LogP contribution is -2.42. The molecule has 8 heteroatoms. The Bertz CT molecular complexity index is 879. The summed E-state index contributed by atoms with van der Waals surface area (Å²) >= 11 is 3.28. The van der Waals surface area contributed by atoms with E-state index >= 15 is 0 Å². The molecule has 1 aromatic carbocycles. The number of nitrogens with zero attached hydrogens (tertiary/aromatic N) is 2. The lowest BCUT2D eigenvalue weighted by Gasteiger charge is -2.31. The van der Waals surface area contributed by atoms with E-state index in [1.54, 1.807) is 17.2 Å². The van der Waals surface area contributed by atoms with Gasteiger partial charge >= 0.3 is 0 Å². The van der Waals surface area contributed by atoms with Crippen molar-refractivity contribution in [3.05, 3.63) is 58.6 Å². The van der Waals surface area contributed by atoms with Gasteiger partial charge in [-0.2, -0.15) is 0 Å². The number of amides is 1. The molecule has 1 fully saturated rings. The Hall–Kier alpha value is -1.80. The normalized spacial score (nSPS) is 16.0. The summed E-state index contributed by atoms with van der Waals surface area (Å²) in [5, 5.41) is -0.567. The van der Waals surface area contributed by atoms with Crippen LogP contribution in [0.3, 0.4) is 0 Å². The number of aromatic nitrogens is 1. The number of likely N-dealkylation sites (tertiary alicyclic amines) is 1. The van der Waals surface area contributed by atoms with E-state index in [1.807, 2.05) is 0 Å². The second kappa shape index (κ2) is 7.21. The first-order valence-corrected chi connectivity index (χ1v) is 10.1. The van der Waals surface area contributed by atoms with Crippen LogP contribution in [-0.2, 0) is 9.84 Å². The summed E-state index contributed by atoms with van der Waals surface area (Å²) in [5.74, 6) is -0.631. The quantitative estimate of drug-likeness (QED) is 0.707. The second-order valence-corrected chi connectivity index (χ2v) is 9.03. The highest BCUT2D eigenvalue weighted by Crippen LogP contribution is 2.25. The molecule has 2 heterocycles. The molecular weight excluding hydrogens is 411 g/mol. The lowest BCUT2D eigenvalue weighted by molar-refractivity contribution is 0.0725. The van der Waals surface area contributed by atoms with Crippen molar-refractivity contribution in [2.24, 2.45) is 0 Å². The molecule has 0 N–H and O–H groups in total. The zero-order valence-corrected chi connectivity index (χ0v) is 15.6. The summed E-state index contributed by atoms with van der Waals surface area (Å²) in [5.41, 5.74) is 0.467. The summed E-state index contributed by atoms with van der Waals surface area (Å²) < 4.78 is 39.0. The third kappa shape index (κ3) is 3.90. The van der Waals surface area contributed by atoms with Crippen LogP contribution in [0.4, 0.5) is 4.39 Å². The molecule has 1 aromatic heterocycles. The molecule has 5 nitrogen and oxygen atoms in total. The number of halogens is 2. The van der Waals surface area contributed by atoms with Crippen molar-refractivity contribution in [2.75, 3.05) is 13.1 Å². The monoisotopic (exact) mass is 426 g/mol. The van der Waals surface area contributed by atoms with Gasteiger partial charge in [-0.15, -0.1) is 0 Å². The predicted molar refractivity (Wildman–Crippen MR) is 94.4 cm³/mol. The third-order valence-corrected chi connectivity index (χ3v) is 6.97. The Balaban J connectivity index is 1.69. The average Bonchev–Trinajstić information content (AvgIpc) is 2.61. The summed E-state index contributed by atoms with van der Waals surface area (Å²) in [4.78, 5) is 18.2. The Morgan fingerprint density at radius 3 is 2.40 bits per heavy atom. The summed E-state index contributed by atoms with van der Waals surface area (Å²) in [6, 6.07) is 6.55. The first-order valence-electron chi connectivity index (χ1n) is 7.77. The number of rotatable bonds is 3. The van der Waals surface area contributed by atoms with Gasteiger partial charge in [-0.3, -0.25) is 9.78 Å². The van der Waals surface area contributed by atoms with Crippen molar-refractivity contribution in [3.63, 3.8) is 0 Å². The fourth-order valence-electron chi connectivity index (χ4n) is 2.90. The first kappa shape index (κ1) is 18.0. The van der Waals surface area contributed by atoms with Crippen LogP contribution >= 0.6 is 15.9 Å². The Morgan fingerprint density at radius 2 is 1.80 bits per heavy atom. The number of hydrogen-bond acceptors (Lipinski definition) is 4. The van der Waals surface area contributed by atoms with Gasteiger partial charge in [-0.1, -0.05) is 0 Å². The van der Waals surface area contributed by atoms with E-state index < -0.39 is 20.9 Å². The Morgan fingerprint density at radius 1 is 1.16 bits per heavy atom.